The Labute approximate surface area is 87.8 Å². The van der Waals surface area contributed by atoms with Gasteiger partial charge in [0.2, 0.25) is 0 Å². The van der Waals surface area contributed by atoms with Crippen LogP contribution in [0, 0.1) is 0 Å². The van der Waals surface area contributed by atoms with Crippen molar-refractivity contribution in [2.45, 2.75) is 32.4 Å². The summed E-state index contributed by atoms with van der Waals surface area (Å²) < 4.78 is 0. The van der Waals surface area contributed by atoms with Crippen LogP contribution >= 0.6 is 12.4 Å². The van der Waals surface area contributed by atoms with E-state index in [0.29, 0.717) is 12.1 Å². The monoisotopic (exact) mass is 204 g/mol. The van der Waals surface area contributed by atoms with Crippen molar-refractivity contribution in [1.29, 1.82) is 0 Å². The predicted octanol–water partition coefficient (Wildman–Crippen LogP) is 1.67. The van der Waals surface area contributed by atoms with E-state index < -0.39 is 0 Å². The molecule has 2 nitrogen and oxygen atoms in total. The van der Waals surface area contributed by atoms with Crippen LogP contribution in [0.5, 0.6) is 0 Å². The summed E-state index contributed by atoms with van der Waals surface area (Å²) in [5.41, 5.74) is 0. The van der Waals surface area contributed by atoms with Crippen molar-refractivity contribution in [3.05, 3.63) is 12.7 Å². The first-order chi connectivity index (χ1) is 5.75. The normalized spacial score (nSPS) is 29.4. The van der Waals surface area contributed by atoms with Gasteiger partial charge in [-0.3, -0.25) is 4.90 Å². The molecule has 78 valence electrons. The summed E-state index contributed by atoms with van der Waals surface area (Å²) in [7, 11) is 0. The van der Waals surface area contributed by atoms with Crippen LogP contribution in [0.1, 0.15) is 20.3 Å². The molecule has 1 rings (SSSR count). The molecule has 13 heavy (non-hydrogen) atoms. The molecule has 0 aromatic heterocycles. The number of halogens is 1. The summed E-state index contributed by atoms with van der Waals surface area (Å²) >= 11 is 0. The quantitative estimate of drug-likeness (QED) is 0.704. The molecule has 0 aromatic rings. The molecular weight excluding hydrogens is 184 g/mol. The van der Waals surface area contributed by atoms with Crippen molar-refractivity contribution >= 4 is 12.4 Å². The van der Waals surface area contributed by atoms with E-state index in [1.165, 1.54) is 0 Å². The first-order valence-corrected chi connectivity index (χ1v) is 4.83. The molecule has 3 heteroatoms. The Morgan fingerprint density at radius 1 is 1.38 bits per heavy atom. The number of nitrogens with one attached hydrogen (secondary N) is 1. The maximum Gasteiger partial charge on any atom is 0.0195 e. The van der Waals surface area contributed by atoms with E-state index in [-0.39, 0.29) is 12.4 Å². The molecule has 0 radical (unpaired) electrons. The van der Waals surface area contributed by atoms with Gasteiger partial charge in [0.1, 0.15) is 0 Å². The fourth-order valence-corrected chi connectivity index (χ4v) is 1.85. The largest absolute Gasteiger partial charge is 0.314 e. The van der Waals surface area contributed by atoms with Gasteiger partial charge in [-0.2, -0.15) is 0 Å². The first kappa shape index (κ1) is 12.9. The summed E-state index contributed by atoms with van der Waals surface area (Å²) in [6.07, 6.45) is 3.11. The Kier molecular flexibility index (Phi) is 6.39. The zero-order chi connectivity index (χ0) is 8.97. The standard InChI is InChI=1S/C10H20N2.ClH/c1-4-5-6-12-9(2)7-11-8-10(12)3;/h4,9-11H,1,5-8H2,2-3H3;1H/t9-,10+;. The highest BCUT2D eigenvalue weighted by Gasteiger charge is 2.22. The van der Waals surface area contributed by atoms with Gasteiger partial charge in [-0.15, -0.1) is 19.0 Å². The van der Waals surface area contributed by atoms with E-state index in [1.54, 1.807) is 0 Å². The topological polar surface area (TPSA) is 15.3 Å². The number of rotatable bonds is 3. The molecule has 1 heterocycles. The molecule has 1 fully saturated rings. The maximum atomic E-state index is 3.75. The zero-order valence-corrected chi connectivity index (χ0v) is 9.44. The lowest BCUT2D eigenvalue weighted by molar-refractivity contribution is 0.119. The third-order valence-corrected chi connectivity index (χ3v) is 2.60. The van der Waals surface area contributed by atoms with Crippen LogP contribution in [0.3, 0.4) is 0 Å². The van der Waals surface area contributed by atoms with Gasteiger partial charge in [-0.25, -0.2) is 0 Å². The van der Waals surface area contributed by atoms with Crippen molar-refractivity contribution < 1.29 is 0 Å². The van der Waals surface area contributed by atoms with Gasteiger partial charge in [-0.05, 0) is 20.3 Å². The first-order valence-electron chi connectivity index (χ1n) is 4.83. The summed E-state index contributed by atoms with van der Waals surface area (Å²) in [6.45, 7) is 11.7. The Morgan fingerprint density at radius 3 is 2.38 bits per heavy atom. The van der Waals surface area contributed by atoms with Crippen molar-refractivity contribution in [3.8, 4) is 0 Å². The molecule has 0 amide bonds. The van der Waals surface area contributed by atoms with Crippen molar-refractivity contribution in [2.75, 3.05) is 19.6 Å². The van der Waals surface area contributed by atoms with Crippen LogP contribution in [0.2, 0.25) is 0 Å². The lowest BCUT2D eigenvalue weighted by Gasteiger charge is -2.39. The molecule has 2 atom stereocenters. The van der Waals surface area contributed by atoms with Gasteiger partial charge < -0.3 is 5.32 Å². The second-order valence-corrected chi connectivity index (χ2v) is 3.67. The molecule has 0 aromatic carbocycles. The smallest absolute Gasteiger partial charge is 0.0195 e. The van der Waals surface area contributed by atoms with E-state index in [0.717, 1.165) is 26.1 Å². The predicted molar refractivity (Wildman–Crippen MR) is 60.6 cm³/mol. The molecule has 0 saturated carbocycles. The summed E-state index contributed by atoms with van der Waals surface area (Å²) in [5.74, 6) is 0. The number of nitrogens with zero attached hydrogens (tertiary/aromatic N) is 1. The third kappa shape index (κ3) is 3.67. The van der Waals surface area contributed by atoms with Gasteiger partial charge >= 0.3 is 0 Å². The average Bonchev–Trinajstić information content (AvgIpc) is 2.04. The molecule has 1 saturated heterocycles. The highest BCUT2D eigenvalue weighted by Crippen LogP contribution is 2.09. The van der Waals surface area contributed by atoms with Crippen molar-refractivity contribution in [1.82, 2.24) is 10.2 Å². The summed E-state index contributed by atoms with van der Waals surface area (Å²) in [6, 6.07) is 1.35. The van der Waals surface area contributed by atoms with Gasteiger partial charge in [0.25, 0.3) is 0 Å². The van der Waals surface area contributed by atoms with E-state index >= 15 is 0 Å². The highest BCUT2D eigenvalue weighted by molar-refractivity contribution is 5.85. The van der Waals surface area contributed by atoms with Gasteiger partial charge in [0, 0.05) is 31.7 Å². The SMILES string of the molecule is C=CCCN1[C@H](C)CNC[C@@H]1C.Cl. The number of hydrogen-bond donors (Lipinski definition) is 1. The molecular formula is C10H21ClN2. The van der Waals surface area contributed by atoms with Crippen LogP contribution in [-0.4, -0.2) is 36.6 Å². The van der Waals surface area contributed by atoms with E-state index in [9.17, 15) is 0 Å². The van der Waals surface area contributed by atoms with Crippen molar-refractivity contribution in [3.63, 3.8) is 0 Å². The maximum absolute atomic E-state index is 3.75. The lowest BCUT2D eigenvalue weighted by Crippen LogP contribution is -2.55. The van der Waals surface area contributed by atoms with Crippen LogP contribution in [0.4, 0.5) is 0 Å². The second kappa shape index (κ2) is 6.41. The minimum Gasteiger partial charge on any atom is -0.314 e. The fraction of sp³-hybridized carbons (Fsp3) is 0.800. The summed E-state index contributed by atoms with van der Waals surface area (Å²) in [5, 5.41) is 3.42. The molecule has 0 spiro atoms. The van der Waals surface area contributed by atoms with E-state index in [4.69, 9.17) is 0 Å². The van der Waals surface area contributed by atoms with Gasteiger partial charge in [0.15, 0.2) is 0 Å². The van der Waals surface area contributed by atoms with Crippen molar-refractivity contribution in [2.24, 2.45) is 0 Å². The van der Waals surface area contributed by atoms with Crippen LogP contribution in [-0.2, 0) is 0 Å². The Hall–Kier alpha value is -0.0500. The number of hydrogen-bond acceptors (Lipinski definition) is 2. The van der Waals surface area contributed by atoms with Crippen LogP contribution in [0.15, 0.2) is 12.7 Å². The highest BCUT2D eigenvalue weighted by atomic mass is 35.5. The average molecular weight is 205 g/mol. The van der Waals surface area contributed by atoms with E-state index in [2.05, 4.69) is 30.6 Å². The molecule has 1 aliphatic rings. The minimum atomic E-state index is 0. The Morgan fingerprint density at radius 2 is 1.92 bits per heavy atom. The molecule has 1 aliphatic heterocycles. The van der Waals surface area contributed by atoms with E-state index in [1.807, 2.05) is 6.08 Å². The Balaban J connectivity index is 0.00000144. The fourth-order valence-electron chi connectivity index (χ4n) is 1.85. The van der Waals surface area contributed by atoms with Gasteiger partial charge in [0.05, 0.1) is 0 Å². The van der Waals surface area contributed by atoms with Crippen LogP contribution < -0.4 is 5.32 Å². The zero-order valence-electron chi connectivity index (χ0n) is 8.62. The molecule has 0 bridgehead atoms. The third-order valence-electron chi connectivity index (χ3n) is 2.60. The minimum absolute atomic E-state index is 0. The Bertz CT molecular complexity index is 140. The second-order valence-electron chi connectivity index (χ2n) is 3.67. The van der Waals surface area contributed by atoms with Crippen LogP contribution in [0.25, 0.3) is 0 Å². The van der Waals surface area contributed by atoms with Gasteiger partial charge in [-0.1, -0.05) is 6.08 Å². The summed E-state index contributed by atoms with van der Waals surface area (Å²) in [4.78, 5) is 2.55. The molecule has 0 aliphatic carbocycles. The number of piperazine rings is 1. The molecule has 1 N–H and O–H groups in total. The molecule has 0 unspecified atom stereocenters. The lowest BCUT2D eigenvalue weighted by atomic mass is 10.1.